The highest BCUT2D eigenvalue weighted by Gasteiger charge is 2.27. The van der Waals surface area contributed by atoms with E-state index in [2.05, 4.69) is 31.2 Å². The molecule has 13 heteroatoms. The van der Waals surface area contributed by atoms with Crippen LogP contribution in [-0.4, -0.2) is 48.2 Å². The largest absolute Gasteiger partial charge is 0.355 e. The number of para-hydroxylation sites is 1. The molecule has 1 aromatic heterocycles. The fourth-order valence-corrected chi connectivity index (χ4v) is 4.88. The van der Waals surface area contributed by atoms with Gasteiger partial charge in [0.15, 0.2) is 5.82 Å². The standard InChI is InChI=1S/C24H28ClN6O5P/c1-4-35-37(34,36-5-2)15-21(32)28-16-9-8-10-17(13-16)29-24-27-14-19(25)22(31-24)30-20-12-7-6-11-18(20)23(33)26-3/h6-14H,4-5,15H2,1-3H3,(H,26,33)(H,28,32)(H2,27,29,30,31). The minimum atomic E-state index is -3.52. The first-order valence-electron chi connectivity index (χ1n) is 11.4. The van der Waals surface area contributed by atoms with E-state index in [0.717, 1.165) is 0 Å². The van der Waals surface area contributed by atoms with Crippen molar-refractivity contribution in [2.45, 2.75) is 13.8 Å². The monoisotopic (exact) mass is 546 g/mol. The second kappa shape index (κ2) is 13.2. The van der Waals surface area contributed by atoms with E-state index in [1.54, 1.807) is 69.4 Å². The van der Waals surface area contributed by atoms with E-state index in [9.17, 15) is 14.2 Å². The van der Waals surface area contributed by atoms with Crippen LogP contribution in [0.25, 0.3) is 0 Å². The Morgan fingerprint density at radius 2 is 1.70 bits per heavy atom. The average molecular weight is 547 g/mol. The normalized spacial score (nSPS) is 11.0. The molecule has 196 valence electrons. The molecule has 0 saturated heterocycles. The van der Waals surface area contributed by atoms with Crippen LogP contribution in [0.15, 0.2) is 54.7 Å². The number of hydrogen-bond acceptors (Lipinski definition) is 9. The van der Waals surface area contributed by atoms with Gasteiger partial charge in [-0.1, -0.05) is 29.8 Å². The Labute approximate surface area is 219 Å². The molecule has 0 atom stereocenters. The summed E-state index contributed by atoms with van der Waals surface area (Å²) in [6.07, 6.45) is 1.02. The van der Waals surface area contributed by atoms with Gasteiger partial charge in [-0.3, -0.25) is 14.2 Å². The van der Waals surface area contributed by atoms with Crippen LogP contribution in [0.4, 0.5) is 28.8 Å². The molecule has 0 spiro atoms. The molecule has 37 heavy (non-hydrogen) atoms. The fraction of sp³-hybridized carbons (Fsp3) is 0.250. The summed E-state index contributed by atoms with van der Waals surface area (Å²) in [5, 5.41) is 11.7. The molecule has 1 heterocycles. The first-order chi connectivity index (χ1) is 17.8. The molecule has 0 radical (unpaired) electrons. The summed E-state index contributed by atoms with van der Waals surface area (Å²) < 4.78 is 23.0. The number of rotatable bonds is 12. The number of benzene rings is 2. The molecular formula is C24H28ClN6O5P. The van der Waals surface area contributed by atoms with Crippen LogP contribution in [-0.2, 0) is 18.4 Å². The van der Waals surface area contributed by atoms with E-state index < -0.39 is 19.7 Å². The van der Waals surface area contributed by atoms with Crippen molar-refractivity contribution < 1.29 is 23.2 Å². The molecule has 4 N–H and O–H groups in total. The molecule has 0 unspecified atom stereocenters. The maximum Gasteiger partial charge on any atom is 0.340 e. The van der Waals surface area contributed by atoms with Gasteiger partial charge in [-0.05, 0) is 44.2 Å². The third-order valence-corrected chi connectivity index (χ3v) is 7.04. The lowest BCUT2D eigenvalue weighted by Gasteiger charge is -2.16. The number of nitrogens with one attached hydrogen (secondary N) is 4. The summed E-state index contributed by atoms with van der Waals surface area (Å²) in [5.41, 5.74) is 1.99. The Balaban J connectivity index is 1.73. The van der Waals surface area contributed by atoms with Gasteiger partial charge in [0.05, 0.1) is 30.7 Å². The summed E-state index contributed by atoms with van der Waals surface area (Å²) in [6, 6.07) is 13.8. The van der Waals surface area contributed by atoms with Gasteiger partial charge < -0.3 is 30.3 Å². The predicted molar refractivity (Wildman–Crippen MR) is 144 cm³/mol. The number of hydrogen-bond donors (Lipinski definition) is 4. The first-order valence-corrected chi connectivity index (χ1v) is 13.5. The Kier molecular flexibility index (Phi) is 9.99. The number of carbonyl (C=O) groups is 2. The van der Waals surface area contributed by atoms with E-state index in [1.807, 2.05) is 0 Å². The Morgan fingerprint density at radius 1 is 1.00 bits per heavy atom. The van der Waals surface area contributed by atoms with Crippen LogP contribution < -0.4 is 21.3 Å². The second-order valence-corrected chi connectivity index (χ2v) is 9.96. The molecular weight excluding hydrogens is 519 g/mol. The van der Waals surface area contributed by atoms with Crippen LogP contribution >= 0.6 is 19.2 Å². The Morgan fingerprint density at radius 3 is 2.41 bits per heavy atom. The topological polar surface area (TPSA) is 144 Å². The van der Waals surface area contributed by atoms with Crippen molar-refractivity contribution in [3.05, 3.63) is 65.3 Å². The number of nitrogens with zero attached hydrogens (tertiary/aromatic N) is 2. The zero-order chi connectivity index (χ0) is 26.8. The molecule has 0 bridgehead atoms. The van der Waals surface area contributed by atoms with Crippen molar-refractivity contribution >= 4 is 59.8 Å². The van der Waals surface area contributed by atoms with Gasteiger partial charge in [0, 0.05) is 18.4 Å². The van der Waals surface area contributed by atoms with Crippen LogP contribution in [0, 0.1) is 0 Å². The number of anilines is 5. The van der Waals surface area contributed by atoms with E-state index >= 15 is 0 Å². The fourth-order valence-electron chi connectivity index (χ4n) is 3.27. The molecule has 0 aliphatic heterocycles. The van der Waals surface area contributed by atoms with E-state index in [4.69, 9.17) is 20.6 Å². The summed E-state index contributed by atoms with van der Waals surface area (Å²) in [5.74, 6) is -0.247. The highest BCUT2D eigenvalue weighted by molar-refractivity contribution is 7.54. The Bertz CT molecular complexity index is 1300. The minimum Gasteiger partial charge on any atom is -0.355 e. The average Bonchev–Trinajstić information content (AvgIpc) is 2.86. The van der Waals surface area contributed by atoms with Crippen molar-refractivity contribution in [2.24, 2.45) is 0 Å². The summed E-state index contributed by atoms with van der Waals surface area (Å²) in [4.78, 5) is 33.3. The molecule has 2 aromatic carbocycles. The molecule has 3 aromatic rings. The summed E-state index contributed by atoms with van der Waals surface area (Å²) in [7, 11) is -1.98. The van der Waals surface area contributed by atoms with Crippen molar-refractivity contribution in [2.75, 3.05) is 42.4 Å². The van der Waals surface area contributed by atoms with Crippen molar-refractivity contribution in [3.8, 4) is 0 Å². The lowest BCUT2D eigenvalue weighted by Crippen LogP contribution is -2.19. The molecule has 11 nitrogen and oxygen atoms in total. The second-order valence-electron chi connectivity index (χ2n) is 7.50. The highest BCUT2D eigenvalue weighted by Crippen LogP contribution is 2.47. The molecule has 2 amide bonds. The maximum absolute atomic E-state index is 12.6. The van der Waals surface area contributed by atoms with Crippen molar-refractivity contribution in [3.63, 3.8) is 0 Å². The summed E-state index contributed by atoms with van der Waals surface area (Å²) in [6.45, 7) is 3.69. The van der Waals surface area contributed by atoms with Gasteiger partial charge in [-0.2, -0.15) is 4.98 Å². The van der Waals surface area contributed by atoms with Gasteiger partial charge >= 0.3 is 7.60 Å². The molecule has 3 rings (SSSR count). The summed E-state index contributed by atoms with van der Waals surface area (Å²) >= 11 is 6.29. The molecule has 0 aliphatic carbocycles. The zero-order valence-electron chi connectivity index (χ0n) is 20.6. The minimum absolute atomic E-state index is 0.166. The van der Waals surface area contributed by atoms with Gasteiger partial charge in [-0.25, -0.2) is 4.98 Å². The van der Waals surface area contributed by atoms with Crippen LogP contribution in [0.5, 0.6) is 0 Å². The smallest absolute Gasteiger partial charge is 0.340 e. The molecule has 0 fully saturated rings. The number of halogens is 1. The third kappa shape index (κ3) is 7.99. The van der Waals surface area contributed by atoms with Gasteiger partial charge in [-0.15, -0.1) is 0 Å². The SMILES string of the molecule is CCOP(=O)(CC(=O)Nc1cccc(Nc2ncc(Cl)c(Nc3ccccc3C(=O)NC)n2)c1)OCC. The van der Waals surface area contributed by atoms with Crippen LogP contribution in [0.3, 0.4) is 0 Å². The zero-order valence-corrected chi connectivity index (χ0v) is 22.2. The van der Waals surface area contributed by atoms with Gasteiger partial charge in [0.1, 0.15) is 11.2 Å². The number of amides is 2. The van der Waals surface area contributed by atoms with Gasteiger partial charge in [0.2, 0.25) is 11.9 Å². The van der Waals surface area contributed by atoms with E-state index in [-0.39, 0.29) is 30.1 Å². The van der Waals surface area contributed by atoms with Crippen LogP contribution in [0.2, 0.25) is 5.02 Å². The van der Waals surface area contributed by atoms with Crippen molar-refractivity contribution in [1.29, 1.82) is 0 Å². The van der Waals surface area contributed by atoms with E-state index in [0.29, 0.717) is 28.4 Å². The quantitative estimate of drug-likeness (QED) is 0.226. The lowest BCUT2D eigenvalue weighted by atomic mass is 10.1. The Hall–Kier alpha value is -3.50. The third-order valence-electron chi connectivity index (χ3n) is 4.79. The molecule has 0 saturated carbocycles. The number of aromatic nitrogens is 2. The maximum atomic E-state index is 12.6. The lowest BCUT2D eigenvalue weighted by molar-refractivity contribution is -0.114. The van der Waals surface area contributed by atoms with Crippen molar-refractivity contribution in [1.82, 2.24) is 15.3 Å². The molecule has 0 aliphatic rings. The van der Waals surface area contributed by atoms with Crippen LogP contribution in [0.1, 0.15) is 24.2 Å². The highest BCUT2D eigenvalue weighted by atomic mass is 35.5. The number of carbonyl (C=O) groups excluding carboxylic acids is 2. The predicted octanol–water partition coefficient (Wildman–Crippen LogP) is 5.18. The first kappa shape index (κ1) is 28.1. The van der Waals surface area contributed by atoms with Gasteiger partial charge in [0.25, 0.3) is 5.91 Å². The van der Waals surface area contributed by atoms with E-state index in [1.165, 1.54) is 6.20 Å².